The van der Waals surface area contributed by atoms with Gasteiger partial charge in [-0.3, -0.25) is 4.99 Å². The fourth-order valence-electron chi connectivity index (χ4n) is 2.74. The fraction of sp³-hybridized carbons (Fsp3) is 0.611. The number of morpholine rings is 1. The summed E-state index contributed by atoms with van der Waals surface area (Å²) >= 11 is 0. The quantitative estimate of drug-likeness (QED) is 0.634. The van der Waals surface area contributed by atoms with Crippen molar-refractivity contribution in [2.24, 2.45) is 4.99 Å². The van der Waals surface area contributed by atoms with Crippen molar-refractivity contribution in [3.8, 4) is 0 Å². The van der Waals surface area contributed by atoms with Gasteiger partial charge in [0.25, 0.3) is 0 Å². The summed E-state index contributed by atoms with van der Waals surface area (Å²) in [7, 11) is -1.53. The maximum atomic E-state index is 13.2. The van der Waals surface area contributed by atoms with Gasteiger partial charge in [0.1, 0.15) is 11.9 Å². The Hall–Kier alpha value is -1.67. The van der Waals surface area contributed by atoms with Gasteiger partial charge in [-0.2, -0.15) is 0 Å². The largest absolute Gasteiger partial charge is 0.367 e. The van der Waals surface area contributed by atoms with Crippen molar-refractivity contribution < 1.29 is 17.5 Å². The summed E-state index contributed by atoms with van der Waals surface area (Å²) < 4.78 is 42.1. The number of benzene rings is 1. The highest BCUT2D eigenvalue weighted by Crippen LogP contribution is 2.25. The van der Waals surface area contributed by atoms with Gasteiger partial charge in [0, 0.05) is 26.4 Å². The molecule has 1 saturated heterocycles. The van der Waals surface area contributed by atoms with E-state index in [-0.39, 0.29) is 24.6 Å². The Morgan fingerprint density at radius 2 is 1.96 bits per heavy atom. The lowest BCUT2D eigenvalue weighted by Gasteiger charge is -2.39. The second-order valence-electron chi connectivity index (χ2n) is 7.32. The smallest absolute Gasteiger partial charge is 0.193 e. The van der Waals surface area contributed by atoms with Crippen LogP contribution in [0.15, 0.2) is 29.3 Å². The molecule has 0 aliphatic carbocycles. The molecule has 1 aromatic carbocycles. The van der Waals surface area contributed by atoms with Crippen molar-refractivity contribution in [2.75, 3.05) is 32.9 Å². The first-order valence-electron chi connectivity index (χ1n) is 8.59. The highest BCUT2D eigenvalue weighted by Gasteiger charge is 2.32. The minimum absolute atomic E-state index is 0.0414. The van der Waals surface area contributed by atoms with E-state index in [1.165, 1.54) is 18.4 Å². The number of hydrogen-bond acceptors (Lipinski definition) is 4. The Balaban J connectivity index is 2.11. The number of nitrogens with one attached hydrogen (secondary N) is 1. The average molecular weight is 386 g/mol. The number of nitrogens with zero attached hydrogens (tertiary/aromatic N) is 2. The summed E-state index contributed by atoms with van der Waals surface area (Å²) in [5.74, 6) is 0.346. The maximum absolute atomic E-state index is 13.2. The van der Waals surface area contributed by atoms with Gasteiger partial charge in [-0.1, -0.05) is 12.1 Å². The Kier molecular flexibility index (Phi) is 6.29. The molecule has 2 rings (SSSR count). The van der Waals surface area contributed by atoms with Crippen molar-refractivity contribution in [2.45, 2.75) is 37.7 Å². The molecule has 1 fully saturated rings. The van der Waals surface area contributed by atoms with E-state index >= 15 is 0 Å². The van der Waals surface area contributed by atoms with Gasteiger partial charge < -0.3 is 15.0 Å². The van der Waals surface area contributed by atoms with Crippen LogP contribution < -0.4 is 5.32 Å². The molecule has 0 saturated carbocycles. The van der Waals surface area contributed by atoms with E-state index in [1.807, 2.05) is 11.8 Å². The number of hydrogen-bond donors (Lipinski definition) is 1. The lowest BCUT2D eigenvalue weighted by molar-refractivity contribution is -0.0605. The van der Waals surface area contributed by atoms with Crippen LogP contribution in [0, 0.1) is 5.82 Å². The molecule has 1 N–H and O–H groups in total. The van der Waals surface area contributed by atoms with Crippen LogP contribution in [0.25, 0.3) is 0 Å². The van der Waals surface area contributed by atoms with Crippen molar-refractivity contribution in [3.63, 3.8) is 0 Å². The van der Waals surface area contributed by atoms with Gasteiger partial charge >= 0.3 is 0 Å². The molecule has 0 radical (unpaired) electrons. The maximum Gasteiger partial charge on any atom is 0.193 e. The molecule has 1 aromatic rings. The minimum atomic E-state index is -3.20. The summed E-state index contributed by atoms with van der Waals surface area (Å²) in [6.45, 7) is 6.78. The van der Waals surface area contributed by atoms with Gasteiger partial charge in [-0.15, -0.1) is 0 Å². The summed E-state index contributed by atoms with van der Waals surface area (Å²) in [6.07, 6.45) is 0.986. The SMILES string of the molecule is CN=C(NCC(C)(C)S(C)(=O)=O)N1CC(C)OC(c2ccc(F)cc2)C1. The van der Waals surface area contributed by atoms with Gasteiger partial charge in [-0.25, -0.2) is 12.8 Å². The number of guanidine groups is 1. The summed E-state index contributed by atoms with van der Waals surface area (Å²) in [5, 5.41) is 3.17. The zero-order valence-corrected chi connectivity index (χ0v) is 16.8. The van der Waals surface area contributed by atoms with Crippen molar-refractivity contribution in [1.82, 2.24) is 10.2 Å². The van der Waals surface area contributed by atoms with Crippen LogP contribution in [-0.4, -0.2) is 63.1 Å². The van der Waals surface area contributed by atoms with Crippen molar-refractivity contribution in [1.29, 1.82) is 0 Å². The van der Waals surface area contributed by atoms with Crippen LogP contribution in [0.5, 0.6) is 0 Å². The number of rotatable bonds is 4. The monoisotopic (exact) mass is 385 g/mol. The number of sulfone groups is 1. The van der Waals surface area contributed by atoms with Gasteiger partial charge in [0.15, 0.2) is 15.8 Å². The second-order valence-corrected chi connectivity index (χ2v) is 9.97. The molecule has 8 heteroatoms. The highest BCUT2D eigenvalue weighted by atomic mass is 32.2. The van der Waals surface area contributed by atoms with Crippen molar-refractivity contribution in [3.05, 3.63) is 35.6 Å². The molecule has 2 atom stereocenters. The van der Waals surface area contributed by atoms with Crippen LogP contribution in [0.1, 0.15) is 32.4 Å². The zero-order chi connectivity index (χ0) is 19.5. The fourth-order valence-corrected chi connectivity index (χ4v) is 3.08. The van der Waals surface area contributed by atoms with Crippen LogP contribution in [0.3, 0.4) is 0 Å². The number of halogens is 1. The molecule has 26 heavy (non-hydrogen) atoms. The molecule has 6 nitrogen and oxygen atoms in total. The Labute approximate surface area is 155 Å². The van der Waals surface area contributed by atoms with E-state index in [0.29, 0.717) is 19.0 Å². The standard InChI is InChI=1S/C18H28FN3O3S/c1-13-10-22(11-16(25-13)14-6-8-15(19)9-7-14)17(20-4)21-12-18(2,3)26(5,23)24/h6-9,13,16H,10-12H2,1-5H3,(H,20,21). The molecule has 0 amide bonds. The average Bonchev–Trinajstić information content (AvgIpc) is 2.54. The van der Waals surface area contributed by atoms with Gasteiger partial charge in [0.2, 0.25) is 0 Å². The molecule has 0 aromatic heterocycles. The lowest BCUT2D eigenvalue weighted by Crippen LogP contribution is -2.53. The Bertz CT molecular complexity index is 747. The molecular weight excluding hydrogens is 357 g/mol. The zero-order valence-electron chi connectivity index (χ0n) is 16.0. The molecular formula is C18H28FN3O3S. The molecule has 2 unspecified atom stereocenters. The van der Waals surface area contributed by atoms with Crippen molar-refractivity contribution >= 4 is 15.8 Å². The van der Waals surface area contributed by atoms with E-state index in [4.69, 9.17) is 4.74 Å². The second kappa shape index (κ2) is 7.92. The van der Waals surface area contributed by atoms with Crippen LogP contribution in [0.2, 0.25) is 0 Å². The first-order valence-corrected chi connectivity index (χ1v) is 10.5. The molecule has 0 spiro atoms. The third-order valence-corrected chi connectivity index (χ3v) is 6.84. The van der Waals surface area contributed by atoms with E-state index < -0.39 is 14.6 Å². The first-order chi connectivity index (χ1) is 12.0. The number of aliphatic imine (C=N–C) groups is 1. The van der Waals surface area contributed by atoms with E-state index in [0.717, 1.165) is 5.56 Å². The predicted molar refractivity (Wildman–Crippen MR) is 102 cm³/mol. The number of ether oxygens (including phenoxy) is 1. The van der Waals surface area contributed by atoms with E-state index in [1.54, 1.807) is 33.0 Å². The summed E-state index contributed by atoms with van der Waals surface area (Å²) in [4.78, 5) is 6.34. The lowest BCUT2D eigenvalue weighted by atomic mass is 10.1. The first kappa shape index (κ1) is 20.6. The van der Waals surface area contributed by atoms with Crippen LogP contribution >= 0.6 is 0 Å². The van der Waals surface area contributed by atoms with E-state index in [2.05, 4.69) is 10.3 Å². The molecule has 146 valence electrons. The van der Waals surface area contributed by atoms with E-state index in [9.17, 15) is 12.8 Å². The minimum Gasteiger partial charge on any atom is -0.367 e. The summed E-state index contributed by atoms with van der Waals surface area (Å²) in [5.41, 5.74) is 0.898. The molecule has 1 heterocycles. The molecule has 1 aliphatic rings. The van der Waals surface area contributed by atoms with Crippen LogP contribution in [0.4, 0.5) is 4.39 Å². The third-order valence-electron chi connectivity index (χ3n) is 4.69. The molecule has 1 aliphatic heterocycles. The van der Waals surface area contributed by atoms with Gasteiger partial charge in [-0.05, 0) is 38.5 Å². The van der Waals surface area contributed by atoms with Gasteiger partial charge in [0.05, 0.1) is 17.4 Å². The Morgan fingerprint density at radius 1 is 1.35 bits per heavy atom. The normalized spacial score (nSPS) is 22.4. The summed E-state index contributed by atoms with van der Waals surface area (Å²) in [6, 6.07) is 6.28. The van der Waals surface area contributed by atoms with Crippen LogP contribution in [-0.2, 0) is 14.6 Å². The third kappa shape index (κ3) is 4.94. The topological polar surface area (TPSA) is 71.0 Å². The molecule has 0 bridgehead atoms. The Morgan fingerprint density at radius 3 is 2.50 bits per heavy atom. The highest BCUT2D eigenvalue weighted by molar-refractivity contribution is 7.92. The predicted octanol–water partition coefficient (Wildman–Crippen LogP) is 1.99.